The number of rotatable bonds is 4. The van der Waals surface area contributed by atoms with Gasteiger partial charge in [-0.25, -0.2) is 0 Å². The van der Waals surface area contributed by atoms with E-state index >= 15 is 0 Å². The van der Waals surface area contributed by atoms with Crippen LogP contribution in [-0.2, 0) is 12.7 Å². The SMILES string of the molecule is O=C(NCc1ccccc1)c1ccc(-n2nc(C(F)(F)F)nc2Br)nn1. The van der Waals surface area contributed by atoms with E-state index in [1.165, 1.54) is 12.1 Å². The van der Waals surface area contributed by atoms with Crippen LogP contribution < -0.4 is 5.32 Å². The van der Waals surface area contributed by atoms with Crippen molar-refractivity contribution in [3.63, 3.8) is 0 Å². The van der Waals surface area contributed by atoms with Gasteiger partial charge < -0.3 is 5.32 Å². The molecule has 3 aromatic rings. The Morgan fingerprint density at radius 3 is 2.42 bits per heavy atom. The number of nitrogens with one attached hydrogen (secondary N) is 1. The lowest BCUT2D eigenvalue weighted by Crippen LogP contribution is -2.24. The number of alkyl halides is 3. The molecule has 0 atom stereocenters. The van der Waals surface area contributed by atoms with Crippen LogP contribution in [-0.4, -0.2) is 30.9 Å². The molecular formula is C15H10BrF3N6O. The van der Waals surface area contributed by atoms with Crippen molar-refractivity contribution >= 4 is 21.8 Å². The summed E-state index contributed by atoms with van der Waals surface area (Å²) in [6, 6.07) is 11.9. The summed E-state index contributed by atoms with van der Waals surface area (Å²) in [6.45, 7) is 0.312. The van der Waals surface area contributed by atoms with E-state index in [1.807, 2.05) is 30.3 Å². The van der Waals surface area contributed by atoms with Crippen molar-refractivity contribution in [3.05, 3.63) is 64.3 Å². The number of carbonyl (C=O) groups is 1. The van der Waals surface area contributed by atoms with E-state index in [4.69, 9.17) is 0 Å². The molecule has 26 heavy (non-hydrogen) atoms. The molecule has 134 valence electrons. The molecule has 0 unspecified atom stereocenters. The second-order valence-corrected chi connectivity index (χ2v) is 5.77. The quantitative estimate of drug-likeness (QED) is 0.693. The third kappa shape index (κ3) is 4.04. The van der Waals surface area contributed by atoms with Gasteiger partial charge in [0.1, 0.15) is 0 Å². The highest BCUT2D eigenvalue weighted by molar-refractivity contribution is 9.10. The predicted molar refractivity (Wildman–Crippen MR) is 87.3 cm³/mol. The van der Waals surface area contributed by atoms with Gasteiger partial charge >= 0.3 is 6.18 Å². The summed E-state index contributed by atoms with van der Waals surface area (Å²) < 4.78 is 38.6. The standard InChI is InChI=1S/C15H10BrF3N6O/c16-14-21-13(15(17,18)19)24-25(14)11-7-6-10(22-23-11)12(26)20-8-9-4-2-1-3-5-9/h1-7H,8H2,(H,20,26). The molecule has 0 radical (unpaired) electrons. The van der Waals surface area contributed by atoms with Crippen LogP contribution in [0.2, 0.25) is 0 Å². The van der Waals surface area contributed by atoms with Crippen LogP contribution in [0.5, 0.6) is 0 Å². The van der Waals surface area contributed by atoms with Crippen LogP contribution in [0.15, 0.2) is 47.2 Å². The zero-order valence-corrected chi connectivity index (χ0v) is 14.5. The molecule has 0 aliphatic heterocycles. The molecule has 0 spiro atoms. The fourth-order valence-electron chi connectivity index (χ4n) is 1.99. The van der Waals surface area contributed by atoms with Gasteiger partial charge in [0.25, 0.3) is 11.7 Å². The first kappa shape index (κ1) is 18.0. The average molecular weight is 427 g/mol. The summed E-state index contributed by atoms with van der Waals surface area (Å²) in [4.78, 5) is 15.3. The Morgan fingerprint density at radius 2 is 1.85 bits per heavy atom. The Bertz CT molecular complexity index is 911. The molecule has 1 N–H and O–H groups in total. The Kier molecular flexibility index (Phi) is 4.98. The Hall–Kier alpha value is -2.82. The smallest absolute Gasteiger partial charge is 0.347 e. The normalized spacial score (nSPS) is 11.4. The maximum atomic E-state index is 12.6. The van der Waals surface area contributed by atoms with E-state index in [1.54, 1.807) is 0 Å². The van der Waals surface area contributed by atoms with Crippen molar-refractivity contribution < 1.29 is 18.0 Å². The summed E-state index contributed by atoms with van der Waals surface area (Å²) in [5.41, 5.74) is 0.939. The number of nitrogens with zero attached hydrogens (tertiary/aromatic N) is 5. The maximum Gasteiger partial charge on any atom is 0.453 e. The Morgan fingerprint density at radius 1 is 1.12 bits per heavy atom. The van der Waals surface area contributed by atoms with Crippen molar-refractivity contribution in [2.45, 2.75) is 12.7 Å². The van der Waals surface area contributed by atoms with Gasteiger partial charge in [0.15, 0.2) is 11.5 Å². The van der Waals surface area contributed by atoms with Gasteiger partial charge in [-0.1, -0.05) is 30.3 Å². The fraction of sp³-hybridized carbons (Fsp3) is 0.133. The number of benzene rings is 1. The van der Waals surface area contributed by atoms with Gasteiger partial charge in [0.05, 0.1) is 0 Å². The maximum absolute atomic E-state index is 12.6. The van der Waals surface area contributed by atoms with Gasteiger partial charge in [-0.2, -0.15) is 22.8 Å². The lowest BCUT2D eigenvalue weighted by atomic mass is 10.2. The van der Waals surface area contributed by atoms with Crippen molar-refractivity contribution in [3.8, 4) is 5.82 Å². The summed E-state index contributed by atoms with van der Waals surface area (Å²) >= 11 is 2.89. The first-order valence-corrected chi connectivity index (χ1v) is 8.00. The van der Waals surface area contributed by atoms with Crippen LogP contribution in [0.4, 0.5) is 13.2 Å². The molecule has 0 fully saturated rings. The average Bonchev–Trinajstić information content (AvgIpc) is 3.03. The summed E-state index contributed by atoms with van der Waals surface area (Å²) in [5.74, 6) is -1.78. The lowest BCUT2D eigenvalue weighted by Gasteiger charge is -2.05. The van der Waals surface area contributed by atoms with Crippen LogP contribution in [0.25, 0.3) is 5.82 Å². The van der Waals surface area contributed by atoms with Gasteiger partial charge in [-0.05, 0) is 33.6 Å². The highest BCUT2D eigenvalue weighted by Gasteiger charge is 2.37. The van der Waals surface area contributed by atoms with E-state index in [9.17, 15) is 18.0 Å². The van der Waals surface area contributed by atoms with Crippen LogP contribution in [0, 0.1) is 0 Å². The molecule has 0 bridgehead atoms. The summed E-state index contributed by atoms with van der Waals surface area (Å²) in [6.07, 6.45) is -4.68. The Labute approximate surface area is 153 Å². The number of aromatic nitrogens is 5. The topological polar surface area (TPSA) is 85.6 Å². The first-order chi connectivity index (χ1) is 12.3. The number of amides is 1. The molecule has 7 nitrogen and oxygen atoms in total. The van der Waals surface area contributed by atoms with Gasteiger partial charge in [-0.3, -0.25) is 4.79 Å². The van der Waals surface area contributed by atoms with E-state index in [0.29, 0.717) is 6.54 Å². The molecule has 0 aliphatic rings. The number of halogens is 4. The number of hydrogen-bond acceptors (Lipinski definition) is 5. The van der Waals surface area contributed by atoms with Gasteiger partial charge in [0.2, 0.25) is 4.73 Å². The molecule has 0 saturated heterocycles. The van der Waals surface area contributed by atoms with E-state index in [-0.39, 0.29) is 16.2 Å². The second-order valence-electron chi connectivity index (χ2n) is 5.06. The number of hydrogen-bond donors (Lipinski definition) is 1. The molecule has 0 saturated carbocycles. The molecule has 1 aromatic carbocycles. The van der Waals surface area contributed by atoms with Crippen molar-refractivity contribution in [1.29, 1.82) is 0 Å². The lowest BCUT2D eigenvalue weighted by molar-refractivity contribution is -0.144. The summed E-state index contributed by atoms with van der Waals surface area (Å²) in [5, 5.41) is 13.5. The summed E-state index contributed by atoms with van der Waals surface area (Å²) in [7, 11) is 0. The van der Waals surface area contributed by atoms with E-state index in [0.717, 1.165) is 10.2 Å². The van der Waals surface area contributed by atoms with Crippen molar-refractivity contribution in [2.75, 3.05) is 0 Å². The zero-order valence-electron chi connectivity index (χ0n) is 12.9. The Balaban J connectivity index is 1.72. The van der Waals surface area contributed by atoms with Crippen LogP contribution in [0.1, 0.15) is 21.9 Å². The van der Waals surface area contributed by atoms with Gasteiger partial charge in [-0.15, -0.1) is 15.3 Å². The highest BCUT2D eigenvalue weighted by atomic mass is 79.9. The minimum Gasteiger partial charge on any atom is -0.347 e. The molecule has 0 aliphatic carbocycles. The van der Waals surface area contributed by atoms with E-state index in [2.05, 4.69) is 41.5 Å². The van der Waals surface area contributed by atoms with E-state index < -0.39 is 17.9 Å². The minimum absolute atomic E-state index is 0.0144. The third-order valence-electron chi connectivity index (χ3n) is 3.22. The molecule has 11 heteroatoms. The number of carbonyl (C=O) groups excluding carboxylic acids is 1. The van der Waals surface area contributed by atoms with Crippen molar-refractivity contribution in [2.24, 2.45) is 0 Å². The third-order valence-corrected chi connectivity index (χ3v) is 3.73. The molecule has 2 heterocycles. The van der Waals surface area contributed by atoms with Gasteiger partial charge in [0, 0.05) is 6.54 Å². The molecular weight excluding hydrogens is 417 g/mol. The largest absolute Gasteiger partial charge is 0.453 e. The molecule has 3 rings (SSSR count). The second kappa shape index (κ2) is 7.20. The highest BCUT2D eigenvalue weighted by Crippen LogP contribution is 2.28. The zero-order chi connectivity index (χ0) is 18.7. The minimum atomic E-state index is -4.68. The predicted octanol–water partition coefficient (Wildman–Crippen LogP) is 2.77. The van der Waals surface area contributed by atoms with Crippen LogP contribution >= 0.6 is 15.9 Å². The van der Waals surface area contributed by atoms with Crippen molar-refractivity contribution in [1.82, 2.24) is 30.3 Å². The molecule has 2 aromatic heterocycles. The monoisotopic (exact) mass is 426 g/mol. The fourth-order valence-corrected chi connectivity index (χ4v) is 2.42. The van der Waals surface area contributed by atoms with Crippen LogP contribution in [0.3, 0.4) is 0 Å². The molecule has 1 amide bonds. The first-order valence-electron chi connectivity index (χ1n) is 7.20.